The number of aromatic nitrogens is 1. The second-order valence-electron chi connectivity index (χ2n) is 4.34. The van der Waals surface area contributed by atoms with Gasteiger partial charge in [0.15, 0.2) is 5.82 Å². The fraction of sp³-hybridized carbons (Fsp3) is 0.615. The standard InChI is InChI=1S/C13H21N3O4/c1-3-5-13(18)16(7-4-8-19-2)10-12(17)14-11-6-9-20-15-11/h6,9H,3-5,7-8,10H2,1-2H3,(H,14,15,17). The number of amides is 2. The first-order valence-electron chi connectivity index (χ1n) is 6.64. The largest absolute Gasteiger partial charge is 0.385 e. The highest BCUT2D eigenvalue weighted by Crippen LogP contribution is 2.03. The zero-order valence-electron chi connectivity index (χ0n) is 11.9. The van der Waals surface area contributed by atoms with E-state index in [4.69, 9.17) is 4.74 Å². The Hall–Kier alpha value is -1.89. The normalized spacial score (nSPS) is 10.3. The van der Waals surface area contributed by atoms with Crippen molar-refractivity contribution in [2.75, 3.05) is 32.1 Å². The van der Waals surface area contributed by atoms with E-state index in [0.29, 0.717) is 31.8 Å². The van der Waals surface area contributed by atoms with Gasteiger partial charge in [-0.2, -0.15) is 0 Å². The number of carbonyl (C=O) groups is 2. The molecule has 0 bridgehead atoms. The first-order valence-corrected chi connectivity index (χ1v) is 6.64. The Morgan fingerprint density at radius 1 is 1.50 bits per heavy atom. The van der Waals surface area contributed by atoms with Crippen molar-refractivity contribution in [1.29, 1.82) is 0 Å². The summed E-state index contributed by atoms with van der Waals surface area (Å²) in [6.07, 6.45) is 3.26. The number of hydrogen-bond acceptors (Lipinski definition) is 5. The van der Waals surface area contributed by atoms with Crippen LogP contribution < -0.4 is 5.32 Å². The van der Waals surface area contributed by atoms with Crippen LogP contribution in [0.4, 0.5) is 5.82 Å². The van der Waals surface area contributed by atoms with Gasteiger partial charge in [-0.25, -0.2) is 0 Å². The highest BCUT2D eigenvalue weighted by molar-refractivity contribution is 5.93. The Kier molecular flexibility index (Phi) is 7.34. The monoisotopic (exact) mass is 283 g/mol. The Bertz CT molecular complexity index is 406. The minimum absolute atomic E-state index is 0.00933. The summed E-state index contributed by atoms with van der Waals surface area (Å²) in [5.41, 5.74) is 0. The molecule has 0 unspecified atom stereocenters. The van der Waals surface area contributed by atoms with Gasteiger partial charge in [-0.1, -0.05) is 12.1 Å². The Morgan fingerprint density at radius 2 is 2.30 bits per heavy atom. The average molecular weight is 283 g/mol. The Labute approximate surface area is 118 Å². The molecule has 0 radical (unpaired) electrons. The second kappa shape index (κ2) is 9.08. The van der Waals surface area contributed by atoms with Gasteiger partial charge < -0.3 is 19.5 Å². The molecule has 20 heavy (non-hydrogen) atoms. The van der Waals surface area contributed by atoms with Gasteiger partial charge in [0, 0.05) is 32.7 Å². The SMILES string of the molecule is CCCC(=O)N(CCCOC)CC(=O)Nc1ccon1. The van der Waals surface area contributed by atoms with Crippen LogP contribution in [0.3, 0.4) is 0 Å². The average Bonchev–Trinajstić information content (AvgIpc) is 2.90. The van der Waals surface area contributed by atoms with Crippen LogP contribution in [0.2, 0.25) is 0 Å². The van der Waals surface area contributed by atoms with Crippen LogP contribution in [0.5, 0.6) is 0 Å². The lowest BCUT2D eigenvalue weighted by Crippen LogP contribution is -2.38. The maximum Gasteiger partial charge on any atom is 0.245 e. The molecule has 1 aromatic rings. The summed E-state index contributed by atoms with van der Waals surface area (Å²) >= 11 is 0. The van der Waals surface area contributed by atoms with E-state index in [1.54, 1.807) is 13.2 Å². The molecule has 0 saturated carbocycles. The van der Waals surface area contributed by atoms with E-state index in [1.165, 1.54) is 11.2 Å². The number of methoxy groups -OCH3 is 1. The molecule has 2 amide bonds. The topological polar surface area (TPSA) is 84.7 Å². The molecule has 0 aliphatic heterocycles. The molecular formula is C13H21N3O4. The smallest absolute Gasteiger partial charge is 0.245 e. The first kappa shape index (κ1) is 16.2. The Morgan fingerprint density at radius 3 is 2.90 bits per heavy atom. The molecule has 1 N–H and O–H groups in total. The van der Waals surface area contributed by atoms with Crippen molar-refractivity contribution >= 4 is 17.6 Å². The van der Waals surface area contributed by atoms with Crippen molar-refractivity contribution in [1.82, 2.24) is 10.1 Å². The molecule has 7 heteroatoms. The van der Waals surface area contributed by atoms with Gasteiger partial charge in [0.2, 0.25) is 11.8 Å². The van der Waals surface area contributed by atoms with Crippen LogP contribution in [0.25, 0.3) is 0 Å². The molecule has 0 atom stereocenters. The van der Waals surface area contributed by atoms with Crippen LogP contribution >= 0.6 is 0 Å². The van der Waals surface area contributed by atoms with Crippen LogP contribution in [0.15, 0.2) is 16.9 Å². The lowest BCUT2D eigenvalue weighted by molar-refractivity contribution is -0.134. The fourth-order valence-electron chi connectivity index (χ4n) is 1.70. The third-order valence-corrected chi connectivity index (χ3v) is 2.63. The number of nitrogens with zero attached hydrogens (tertiary/aromatic N) is 2. The molecule has 1 aromatic heterocycles. The van der Waals surface area contributed by atoms with Crippen molar-refractivity contribution in [2.45, 2.75) is 26.2 Å². The van der Waals surface area contributed by atoms with Crippen molar-refractivity contribution < 1.29 is 18.8 Å². The number of ether oxygens (including phenoxy) is 1. The van der Waals surface area contributed by atoms with Gasteiger partial charge in [0.1, 0.15) is 6.26 Å². The summed E-state index contributed by atoms with van der Waals surface area (Å²) in [6, 6.07) is 1.54. The van der Waals surface area contributed by atoms with Crippen LogP contribution in [-0.4, -0.2) is 48.7 Å². The molecule has 0 aromatic carbocycles. The molecule has 0 aliphatic carbocycles. The van der Waals surface area contributed by atoms with Gasteiger partial charge >= 0.3 is 0 Å². The summed E-state index contributed by atoms with van der Waals surface area (Å²) in [5.74, 6) is 0.0226. The van der Waals surface area contributed by atoms with Crippen LogP contribution in [-0.2, 0) is 14.3 Å². The summed E-state index contributed by atoms with van der Waals surface area (Å²) < 4.78 is 9.59. The lowest BCUT2D eigenvalue weighted by atomic mass is 10.2. The molecule has 112 valence electrons. The molecular weight excluding hydrogens is 262 g/mol. The number of rotatable bonds is 9. The third kappa shape index (κ3) is 5.83. The van der Waals surface area contributed by atoms with E-state index in [-0.39, 0.29) is 18.4 Å². The number of anilines is 1. The minimum Gasteiger partial charge on any atom is -0.385 e. The zero-order valence-corrected chi connectivity index (χ0v) is 11.9. The minimum atomic E-state index is -0.291. The summed E-state index contributed by atoms with van der Waals surface area (Å²) in [4.78, 5) is 25.3. The van der Waals surface area contributed by atoms with E-state index in [0.717, 1.165) is 6.42 Å². The maximum absolute atomic E-state index is 11.9. The van der Waals surface area contributed by atoms with E-state index in [1.807, 2.05) is 6.92 Å². The lowest BCUT2D eigenvalue weighted by Gasteiger charge is -2.21. The van der Waals surface area contributed by atoms with Gasteiger partial charge in [-0.3, -0.25) is 9.59 Å². The first-order chi connectivity index (χ1) is 9.67. The molecule has 1 heterocycles. The second-order valence-corrected chi connectivity index (χ2v) is 4.34. The highest BCUT2D eigenvalue weighted by Gasteiger charge is 2.16. The van der Waals surface area contributed by atoms with Crippen LogP contribution in [0.1, 0.15) is 26.2 Å². The summed E-state index contributed by atoms with van der Waals surface area (Å²) in [6.45, 7) is 3.00. The number of nitrogens with one attached hydrogen (secondary N) is 1. The highest BCUT2D eigenvalue weighted by atomic mass is 16.5. The summed E-state index contributed by atoms with van der Waals surface area (Å²) in [5, 5.41) is 6.16. The molecule has 1 rings (SSSR count). The van der Waals surface area contributed by atoms with Crippen LogP contribution in [0, 0.1) is 0 Å². The third-order valence-electron chi connectivity index (χ3n) is 2.63. The van der Waals surface area contributed by atoms with E-state index < -0.39 is 0 Å². The predicted octanol–water partition coefficient (Wildman–Crippen LogP) is 1.28. The molecule has 7 nitrogen and oxygen atoms in total. The van der Waals surface area contributed by atoms with Gasteiger partial charge in [0.05, 0.1) is 6.54 Å². The maximum atomic E-state index is 11.9. The van der Waals surface area contributed by atoms with Crippen molar-refractivity contribution in [3.05, 3.63) is 12.3 Å². The molecule has 0 spiro atoms. The van der Waals surface area contributed by atoms with E-state index in [2.05, 4.69) is 15.0 Å². The predicted molar refractivity (Wildman–Crippen MR) is 73.1 cm³/mol. The van der Waals surface area contributed by atoms with Crippen molar-refractivity contribution in [2.24, 2.45) is 0 Å². The number of carbonyl (C=O) groups excluding carboxylic acids is 2. The van der Waals surface area contributed by atoms with Gasteiger partial charge in [-0.15, -0.1) is 0 Å². The molecule has 0 saturated heterocycles. The summed E-state index contributed by atoms with van der Waals surface area (Å²) in [7, 11) is 1.61. The fourth-order valence-corrected chi connectivity index (χ4v) is 1.70. The molecule has 0 fully saturated rings. The van der Waals surface area contributed by atoms with E-state index >= 15 is 0 Å². The quantitative estimate of drug-likeness (QED) is 0.690. The van der Waals surface area contributed by atoms with E-state index in [9.17, 15) is 9.59 Å². The van der Waals surface area contributed by atoms with Gasteiger partial charge in [0.25, 0.3) is 0 Å². The van der Waals surface area contributed by atoms with Crippen molar-refractivity contribution in [3.63, 3.8) is 0 Å². The Balaban J connectivity index is 2.49. The van der Waals surface area contributed by atoms with Gasteiger partial charge in [-0.05, 0) is 12.8 Å². The molecule has 0 aliphatic rings. The zero-order chi connectivity index (χ0) is 14.8. The van der Waals surface area contributed by atoms with Crippen molar-refractivity contribution in [3.8, 4) is 0 Å². The number of hydrogen-bond donors (Lipinski definition) is 1.